The summed E-state index contributed by atoms with van der Waals surface area (Å²) in [5, 5.41) is 0. The van der Waals surface area contributed by atoms with E-state index >= 15 is 0 Å². The van der Waals surface area contributed by atoms with E-state index in [1.54, 1.807) is 0 Å². The number of likely N-dealkylation sites (tertiary alicyclic amines) is 1. The van der Waals surface area contributed by atoms with Gasteiger partial charge in [0, 0.05) is 19.4 Å². The Kier molecular flexibility index (Phi) is 4.07. The van der Waals surface area contributed by atoms with Gasteiger partial charge in [-0.25, -0.2) is 0 Å². The van der Waals surface area contributed by atoms with Crippen molar-refractivity contribution in [1.29, 1.82) is 0 Å². The Morgan fingerprint density at radius 2 is 1.79 bits per heavy atom. The molecular formula is C10H18N2O2. The average molecular weight is 198 g/mol. The zero-order valence-corrected chi connectivity index (χ0v) is 8.66. The number of imide groups is 1. The van der Waals surface area contributed by atoms with Gasteiger partial charge in [0.05, 0.1) is 0 Å². The molecule has 1 saturated heterocycles. The fourth-order valence-corrected chi connectivity index (χ4v) is 1.55. The van der Waals surface area contributed by atoms with Gasteiger partial charge in [0.2, 0.25) is 11.8 Å². The van der Waals surface area contributed by atoms with Gasteiger partial charge in [-0.2, -0.15) is 0 Å². The number of amides is 2. The summed E-state index contributed by atoms with van der Waals surface area (Å²) in [6.07, 6.45) is 2.67. The van der Waals surface area contributed by atoms with E-state index in [2.05, 4.69) is 0 Å². The van der Waals surface area contributed by atoms with Crippen LogP contribution < -0.4 is 5.73 Å². The maximum absolute atomic E-state index is 11.5. The maximum atomic E-state index is 11.5. The molecule has 0 aromatic carbocycles. The minimum atomic E-state index is -0.0344. The van der Waals surface area contributed by atoms with Crippen molar-refractivity contribution in [3.05, 3.63) is 0 Å². The lowest BCUT2D eigenvalue weighted by Crippen LogP contribution is -2.39. The molecule has 0 saturated carbocycles. The van der Waals surface area contributed by atoms with Crippen molar-refractivity contribution in [1.82, 2.24) is 4.90 Å². The largest absolute Gasteiger partial charge is 0.330 e. The molecule has 4 nitrogen and oxygen atoms in total. The van der Waals surface area contributed by atoms with Crippen molar-refractivity contribution in [2.45, 2.75) is 32.6 Å². The number of carbonyl (C=O) groups excluding carboxylic acids is 2. The third-order valence-electron chi connectivity index (χ3n) is 2.53. The molecule has 4 heteroatoms. The Balaban J connectivity index is 2.60. The predicted octanol–water partition coefficient (Wildman–Crippen LogP) is 0.510. The molecule has 1 heterocycles. The topological polar surface area (TPSA) is 63.4 Å². The Hall–Kier alpha value is -0.900. The summed E-state index contributed by atoms with van der Waals surface area (Å²) in [7, 11) is 0. The second-order valence-electron chi connectivity index (χ2n) is 3.95. The Morgan fingerprint density at radius 1 is 1.29 bits per heavy atom. The van der Waals surface area contributed by atoms with Crippen LogP contribution in [0.3, 0.4) is 0 Å². The van der Waals surface area contributed by atoms with Crippen LogP contribution in [0.5, 0.6) is 0 Å². The van der Waals surface area contributed by atoms with Crippen molar-refractivity contribution in [3.63, 3.8) is 0 Å². The van der Waals surface area contributed by atoms with Crippen LogP contribution in [0, 0.1) is 5.92 Å². The van der Waals surface area contributed by atoms with Crippen LogP contribution in [-0.2, 0) is 9.59 Å². The highest BCUT2D eigenvalue weighted by atomic mass is 16.2. The van der Waals surface area contributed by atoms with Crippen LogP contribution in [0.4, 0.5) is 0 Å². The number of nitrogens with two attached hydrogens (primary N) is 1. The van der Waals surface area contributed by atoms with E-state index in [1.807, 2.05) is 6.92 Å². The number of hydrogen-bond acceptors (Lipinski definition) is 3. The van der Waals surface area contributed by atoms with Gasteiger partial charge in [-0.1, -0.05) is 6.92 Å². The molecule has 14 heavy (non-hydrogen) atoms. The van der Waals surface area contributed by atoms with Gasteiger partial charge >= 0.3 is 0 Å². The van der Waals surface area contributed by atoms with Gasteiger partial charge < -0.3 is 5.73 Å². The standard InChI is InChI=1S/C10H18N2O2/c1-8(6-11)7-12-9(13)4-2-3-5-10(12)14/h8H,2-7,11H2,1H3. The zero-order chi connectivity index (χ0) is 10.6. The molecule has 0 aliphatic carbocycles. The summed E-state index contributed by atoms with van der Waals surface area (Å²) in [6, 6.07) is 0. The minimum Gasteiger partial charge on any atom is -0.330 e. The summed E-state index contributed by atoms with van der Waals surface area (Å²) in [5.41, 5.74) is 5.47. The molecule has 0 spiro atoms. The van der Waals surface area contributed by atoms with Gasteiger partial charge in [0.25, 0.3) is 0 Å². The fourth-order valence-electron chi connectivity index (χ4n) is 1.55. The molecule has 0 aromatic heterocycles. The van der Waals surface area contributed by atoms with Crippen LogP contribution in [0.2, 0.25) is 0 Å². The van der Waals surface area contributed by atoms with Gasteiger partial charge in [0.1, 0.15) is 0 Å². The maximum Gasteiger partial charge on any atom is 0.229 e. The first-order valence-corrected chi connectivity index (χ1v) is 5.18. The van der Waals surface area contributed by atoms with Gasteiger partial charge in [-0.15, -0.1) is 0 Å². The molecule has 1 atom stereocenters. The van der Waals surface area contributed by atoms with Crippen LogP contribution >= 0.6 is 0 Å². The normalized spacial score (nSPS) is 20.9. The van der Waals surface area contributed by atoms with E-state index in [4.69, 9.17) is 5.73 Å². The first-order chi connectivity index (χ1) is 6.65. The van der Waals surface area contributed by atoms with E-state index in [-0.39, 0.29) is 17.7 Å². The molecule has 2 N–H and O–H groups in total. The highest BCUT2D eigenvalue weighted by Crippen LogP contribution is 2.13. The van der Waals surface area contributed by atoms with Crippen molar-refractivity contribution in [2.24, 2.45) is 11.7 Å². The second-order valence-corrected chi connectivity index (χ2v) is 3.95. The third-order valence-corrected chi connectivity index (χ3v) is 2.53. The summed E-state index contributed by atoms with van der Waals surface area (Å²) in [4.78, 5) is 24.5. The summed E-state index contributed by atoms with van der Waals surface area (Å²) in [5.74, 6) is 0.126. The molecule has 0 radical (unpaired) electrons. The lowest BCUT2D eigenvalue weighted by atomic mass is 10.1. The number of rotatable bonds is 3. The van der Waals surface area contributed by atoms with E-state index in [9.17, 15) is 9.59 Å². The quantitative estimate of drug-likeness (QED) is 0.672. The molecule has 1 rings (SSSR count). The lowest BCUT2D eigenvalue weighted by Gasteiger charge is -2.21. The lowest BCUT2D eigenvalue weighted by molar-refractivity contribution is -0.144. The summed E-state index contributed by atoms with van der Waals surface area (Å²) >= 11 is 0. The van der Waals surface area contributed by atoms with E-state index in [1.165, 1.54) is 4.90 Å². The minimum absolute atomic E-state index is 0.0344. The van der Waals surface area contributed by atoms with Crippen LogP contribution in [0.25, 0.3) is 0 Å². The Morgan fingerprint density at radius 3 is 2.21 bits per heavy atom. The van der Waals surface area contributed by atoms with Crippen LogP contribution in [0.15, 0.2) is 0 Å². The Bertz CT molecular complexity index is 210. The first kappa shape index (κ1) is 11.2. The smallest absolute Gasteiger partial charge is 0.229 e. The number of hydrogen-bond donors (Lipinski definition) is 1. The molecule has 2 amide bonds. The van der Waals surface area contributed by atoms with Gasteiger partial charge in [-0.05, 0) is 25.3 Å². The molecule has 80 valence electrons. The molecule has 1 fully saturated rings. The SMILES string of the molecule is CC(CN)CN1C(=O)CCCCC1=O. The molecule has 0 aromatic rings. The monoisotopic (exact) mass is 198 g/mol. The van der Waals surface area contributed by atoms with Crippen LogP contribution in [-0.4, -0.2) is 29.8 Å². The van der Waals surface area contributed by atoms with E-state index in [0.29, 0.717) is 25.9 Å². The number of nitrogens with zero attached hydrogens (tertiary/aromatic N) is 1. The molecule has 1 aliphatic rings. The fraction of sp³-hybridized carbons (Fsp3) is 0.800. The molecular weight excluding hydrogens is 180 g/mol. The van der Waals surface area contributed by atoms with Crippen LogP contribution in [0.1, 0.15) is 32.6 Å². The Labute approximate surface area is 84.4 Å². The zero-order valence-electron chi connectivity index (χ0n) is 8.66. The molecule has 0 bridgehead atoms. The summed E-state index contributed by atoms with van der Waals surface area (Å²) < 4.78 is 0. The highest BCUT2D eigenvalue weighted by molar-refractivity contribution is 5.96. The van der Waals surface area contributed by atoms with E-state index in [0.717, 1.165) is 12.8 Å². The van der Waals surface area contributed by atoms with Crippen molar-refractivity contribution in [2.75, 3.05) is 13.1 Å². The summed E-state index contributed by atoms with van der Waals surface area (Å²) in [6.45, 7) is 2.94. The highest BCUT2D eigenvalue weighted by Gasteiger charge is 2.24. The van der Waals surface area contributed by atoms with Crippen molar-refractivity contribution < 1.29 is 9.59 Å². The molecule has 1 aliphatic heterocycles. The van der Waals surface area contributed by atoms with Crippen molar-refractivity contribution in [3.8, 4) is 0 Å². The first-order valence-electron chi connectivity index (χ1n) is 5.18. The van der Waals surface area contributed by atoms with E-state index < -0.39 is 0 Å². The van der Waals surface area contributed by atoms with Gasteiger partial charge in [-0.3, -0.25) is 14.5 Å². The predicted molar refractivity (Wildman–Crippen MR) is 53.4 cm³/mol. The van der Waals surface area contributed by atoms with Crippen molar-refractivity contribution >= 4 is 11.8 Å². The third kappa shape index (κ3) is 2.80. The second kappa shape index (κ2) is 5.10. The number of carbonyl (C=O) groups is 2. The molecule has 1 unspecified atom stereocenters. The average Bonchev–Trinajstić information content (AvgIpc) is 2.32. The van der Waals surface area contributed by atoms with Gasteiger partial charge in [0.15, 0.2) is 0 Å².